The number of phenolic OH excluding ortho intramolecular Hbond substituents is 4. The third-order valence-electron chi connectivity index (χ3n) is 10.3. The summed E-state index contributed by atoms with van der Waals surface area (Å²) in [5.41, 5.74) is 15.6. The Balaban J connectivity index is 1.65. The van der Waals surface area contributed by atoms with Gasteiger partial charge in [-0.1, -0.05) is 62.4 Å². The quantitative estimate of drug-likeness (QED) is 0.0253. The predicted molar refractivity (Wildman–Crippen MR) is 240 cm³/mol. The van der Waals surface area contributed by atoms with Gasteiger partial charge in [-0.2, -0.15) is 0 Å². The maximum absolute atomic E-state index is 14.4. The van der Waals surface area contributed by atoms with Gasteiger partial charge in [-0.25, -0.2) is 5.84 Å². The number of primary amides is 1. The average molecular weight is 912 g/mol. The van der Waals surface area contributed by atoms with Crippen molar-refractivity contribution in [3.05, 3.63) is 119 Å². The molecule has 7 amide bonds. The first kappa shape index (κ1) is 50.9. The Morgan fingerprint density at radius 3 is 0.970 bits per heavy atom. The lowest BCUT2D eigenvalue weighted by molar-refractivity contribution is -0.136. The summed E-state index contributed by atoms with van der Waals surface area (Å²) in [6.07, 6.45) is -1.12. The van der Waals surface area contributed by atoms with Gasteiger partial charge in [0.1, 0.15) is 53.2 Å². The lowest BCUT2D eigenvalue weighted by atomic mass is 10.00. The van der Waals surface area contributed by atoms with E-state index in [1.54, 1.807) is 0 Å². The van der Waals surface area contributed by atoms with Crippen molar-refractivity contribution in [1.29, 1.82) is 0 Å². The van der Waals surface area contributed by atoms with Gasteiger partial charge in [0.15, 0.2) is 0 Å². The number of nitrogens with two attached hydrogens (primary N) is 3. The highest BCUT2D eigenvalue weighted by Gasteiger charge is 2.34. The molecule has 0 bridgehead atoms. The first-order valence-electron chi connectivity index (χ1n) is 21.0. The smallest absolute Gasteiger partial charge is 0.256 e. The van der Waals surface area contributed by atoms with Crippen LogP contribution < -0.4 is 49.3 Å². The van der Waals surface area contributed by atoms with Crippen molar-refractivity contribution in [2.75, 3.05) is 0 Å². The van der Waals surface area contributed by atoms with Gasteiger partial charge in [-0.3, -0.25) is 39.0 Å². The van der Waals surface area contributed by atoms with Crippen molar-refractivity contribution < 1.29 is 54.0 Å². The zero-order chi connectivity index (χ0) is 48.5. The molecule has 0 fully saturated rings. The molecule has 6 atom stereocenters. The van der Waals surface area contributed by atoms with E-state index < -0.39 is 84.0 Å². The molecule has 4 aromatic rings. The zero-order valence-electron chi connectivity index (χ0n) is 36.4. The fourth-order valence-electron chi connectivity index (χ4n) is 6.80. The number of hydrogen-bond donors (Lipinski definition) is 13. The van der Waals surface area contributed by atoms with E-state index in [0.29, 0.717) is 22.3 Å². The Morgan fingerprint density at radius 2 is 0.697 bits per heavy atom. The van der Waals surface area contributed by atoms with Crippen LogP contribution >= 0.6 is 0 Å². The van der Waals surface area contributed by atoms with E-state index in [1.807, 2.05) is 19.3 Å². The van der Waals surface area contributed by atoms with E-state index in [-0.39, 0.29) is 61.0 Å². The predicted octanol–water partition coefficient (Wildman–Crippen LogP) is -0.558. The van der Waals surface area contributed by atoms with Crippen LogP contribution in [0.3, 0.4) is 0 Å². The lowest BCUT2D eigenvalue weighted by Gasteiger charge is -2.27. The SMILES string of the molecule is CC(C)C[C@@H](N)C(=O)N[C@H](Cc1ccc(O)cc1)C(=O)N[C@@H](CC(N)=O)C(=O)N[C@H](Cc1ccc(O)cc1)C(=O)N[C@H](Cc1ccc(O)cc1)C(=O)N[C@@H](Cc1ccc(O)cc1)C(=O)NN. The molecule has 4 rings (SSSR count). The van der Waals surface area contributed by atoms with Gasteiger partial charge in [0.25, 0.3) is 5.91 Å². The van der Waals surface area contributed by atoms with Gasteiger partial charge in [0.2, 0.25) is 35.4 Å². The summed E-state index contributed by atoms with van der Waals surface area (Å²) in [6, 6.07) is 14.7. The molecule has 0 unspecified atom stereocenters. The monoisotopic (exact) mass is 911 g/mol. The molecular weight excluding hydrogens is 855 g/mol. The molecule has 0 spiro atoms. The van der Waals surface area contributed by atoms with Crippen LogP contribution in [0.25, 0.3) is 0 Å². The van der Waals surface area contributed by atoms with Crippen LogP contribution in [0.1, 0.15) is 48.9 Å². The van der Waals surface area contributed by atoms with Gasteiger partial charge in [0.05, 0.1) is 12.5 Å². The number of amides is 7. The number of aromatic hydroxyl groups is 4. The molecule has 352 valence electrons. The number of nitrogens with one attached hydrogen (secondary N) is 6. The highest BCUT2D eigenvalue weighted by Crippen LogP contribution is 2.17. The van der Waals surface area contributed by atoms with Crippen LogP contribution in [0.4, 0.5) is 0 Å². The highest BCUT2D eigenvalue weighted by molar-refractivity contribution is 5.98. The third kappa shape index (κ3) is 16.4. The minimum atomic E-state index is -1.71. The molecule has 0 aliphatic carbocycles. The van der Waals surface area contributed by atoms with Crippen LogP contribution in [0.5, 0.6) is 23.0 Å². The largest absolute Gasteiger partial charge is 0.508 e. The standard InChI is InChI=1S/C46H57N9O11/c1-25(2)19-34(47)41(61)50-35(20-26-3-11-30(56)12-4-26)42(62)54-39(24-40(48)60)45(65)52-36(21-27-5-13-31(57)14-6-27)43(63)51-37(22-28-7-15-32(58)16-8-28)44(64)53-38(46(66)55-49)23-29-9-17-33(59)18-10-29/h3-18,25,34-39,56-59H,19-24,47,49H2,1-2H3,(H2,48,60)(H,50,61)(H,51,63)(H,52,65)(H,53,64)(H,54,62)(H,55,66)/t34-,35-,36-,37-,38+,39+/m1/s1. The summed E-state index contributed by atoms with van der Waals surface area (Å²) >= 11 is 0. The summed E-state index contributed by atoms with van der Waals surface area (Å²) in [7, 11) is 0. The fourth-order valence-corrected chi connectivity index (χ4v) is 6.80. The number of carbonyl (C=O) groups excluding carboxylic acids is 7. The Bertz CT molecular complexity index is 2290. The van der Waals surface area contributed by atoms with Crippen LogP contribution in [-0.4, -0.2) is 98.0 Å². The Labute approximate surface area is 380 Å². The van der Waals surface area contributed by atoms with E-state index in [4.69, 9.17) is 17.3 Å². The highest BCUT2D eigenvalue weighted by atomic mass is 16.3. The van der Waals surface area contributed by atoms with Crippen molar-refractivity contribution in [3.8, 4) is 23.0 Å². The maximum Gasteiger partial charge on any atom is 0.256 e. The van der Waals surface area contributed by atoms with Gasteiger partial charge in [0, 0.05) is 25.7 Å². The van der Waals surface area contributed by atoms with Gasteiger partial charge in [-0.05, 0) is 83.1 Å². The number of benzene rings is 4. The number of carbonyl (C=O) groups is 7. The minimum absolute atomic E-state index is 0.0300. The molecule has 4 aromatic carbocycles. The van der Waals surface area contributed by atoms with Gasteiger partial charge >= 0.3 is 0 Å². The summed E-state index contributed by atoms with van der Waals surface area (Å²) < 4.78 is 0. The van der Waals surface area contributed by atoms with Crippen LogP contribution in [0.2, 0.25) is 0 Å². The summed E-state index contributed by atoms with van der Waals surface area (Å²) in [5, 5.41) is 52.3. The second-order valence-electron chi connectivity index (χ2n) is 16.2. The minimum Gasteiger partial charge on any atom is -0.508 e. The maximum atomic E-state index is 14.4. The molecule has 0 heterocycles. The van der Waals surface area contributed by atoms with Crippen LogP contribution in [-0.2, 0) is 59.2 Å². The molecule has 0 aromatic heterocycles. The number of rotatable bonds is 23. The first-order valence-corrected chi connectivity index (χ1v) is 21.0. The molecule has 0 aliphatic heterocycles. The molecular formula is C46H57N9O11. The van der Waals surface area contributed by atoms with E-state index in [0.717, 1.165) is 0 Å². The normalized spacial score (nSPS) is 13.7. The number of hydrazine groups is 1. The van der Waals surface area contributed by atoms with Crippen molar-refractivity contribution in [3.63, 3.8) is 0 Å². The van der Waals surface area contributed by atoms with Gasteiger partial charge < -0.3 is 58.5 Å². The van der Waals surface area contributed by atoms with E-state index >= 15 is 0 Å². The Kier molecular flexibility index (Phi) is 18.8. The second-order valence-corrected chi connectivity index (χ2v) is 16.2. The molecule has 20 nitrogen and oxygen atoms in total. The molecule has 0 radical (unpaired) electrons. The van der Waals surface area contributed by atoms with E-state index in [9.17, 15) is 54.0 Å². The Morgan fingerprint density at radius 1 is 0.439 bits per heavy atom. The lowest BCUT2D eigenvalue weighted by Crippen LogP contribution is -2.61. The summed E-state index contributed by atoms with van der Waals surface area (Å²) in [6.45, 7) is 3.72. The fraction of sp³-hybridized carbons (Fsp3) is 0.326. The van der Waals surface area contributed by atoms with Crippen LogP contribution in [0, 0.1) is 5.92 Å². The molecule has 0 saturated carbocycles. The molecule has 0 aliphatic rings. The average Bonchev–Trinajstić information content (AvgIpc) is 3.27. The number of phenols is 4. The zero-order valence-corrected chi connectivity index (χ0v) is 36.4. The molecule has 20 heteroatoms. The topological polar surface area (TPSA) is 351 Å². The molecule has 0 saturated heterocycles. The summed E-state index contributed by atoms with van der Waals surface area (Å²) in [4.78, 5) is 95.1. The van der Waals surface area contributed by atoms with Crippen LogP contribution in [0.15, 0.2) is 97.1 Å². The van der Waals surface area contributed by atoms with Crippen molar-refractivity contribution >= 4 is 41.4 Å². The van der Waals surface area contributed by atoms with E-state index in [2.05, 4.69) is 26.6 Å². The van der Waals surface area contributed by atoms with Gasteiger partial charge in [-0.15, -0.1) is 0 Å². The summed E-state index contributed by atoms with van der Waals surface area (Å²) in [5.74, 6) is -0.976. The van der Waals surface area contributed by atoms with Crippen molar-refractivity contribution in [2.45, 2.75) is 88.6 Å². The second kappa shape index (κ2) is 24.4. The molecule has 66 heavy (non-hydrogen) atoms. The first-order chi connectivity index (χ1) is 31.3. The third-order valence-corrected chi connectivity index (χ3v) is 10.3. The number of hydrogen-bond acceptors (Lipinski definition) is 13. The van der Waals surface area contributed by atoms with E-state index in [1.165, 1.54) is 97.1 Å². The molecule has 16 N–H and O–H groups in total. The van der Waals surface area contributed by atoms with Crippen molar-refractivity contribution in [2.24, 2.45) is 23.2 Å². The Hall–Kier alpha value is -7.71. The van der Waals surface area contributed by atoms with Crippen molar-refractivity contribution in [1.82, 2.24) is 32.0 Å².